The van der Waals surface area contributed by atoms with E-state index in [0.29, 0.717) is 41.2 Å². The quantitative estimate of drug-likeness (QED) is 0.102. The number of hydrogen-bond acceptors (Lipinski definition) is 9. The van der Waals surface area contributed by atoms with Crippen LogP contribution in [0.4, 0.5) is 4.79 Å². The average molecular weight is 711 g/mol. The summed E-state index contributed by atoms with van der Waals surface area (Å²) in [5.74, 6) is -0.830. The van der Waals surface area contributed by atoms with Crippen LogP contribution >= 0.6 is 23.2 Å². The Labute approximate surface area is 294 Å². The molecule has 0 saturated carbocycles. The summed E-state index contributed by atoms with van der Waals surface area (Å²) >= 11 is 13.0. The second kappa shape index (κ2) is 15.6. The largest absolute Gasteiger partial charge is 0.445 e. The van der Waals surface area contributed by atoms with Gasteiger partial charge in [0.25, 0.3) is 5.82 Å². The molecule has 14 heteroatoms. The zero-order chi connectivity index (χ0) is 35.3. The number of carbonyl (C=O) groups is 2. The standard InChI is InChI=1S/C35H41Cl2N7O5/c1-5-19(3)28(42-34(47)48-18-21-10-8-7-9-11-21)31(45)43-35(33(46)41-29(20(4)6-2)32-40-27(17-38)44-49-32)13-12-26-24(16-35)23-14-22(36)15-25(37)30(23)39-26/h7-11,14-15,19-20,28-29,33,39,41,46H,5-6,12-13,16,18H2,1-4H3,(H,42,47)(H,43,45)/t19?,20?,28-,29-,33?,35-/m0/s1. The van der Waals surface area contributed by atoms with Gasteiger partial charge < -0.3 is 30.0 Å². The molecule has 1 aliphatic carbocycles. The number of hydrogen-bond donors (Lipinski definition) is 5. The summed E-state index contributed by atoms with van der Waals surface area (Å²) in [5.41, 5.74) is 2.02. The minimum absolute atomic E-state index is 0.0444. The lowest BCUT2D eigenvalue weighted by atomic mass is 9.77. The third-order valence-electron chi connectivity index (χ3n) is 9.57. The van der Waals surface area contributed by atoms with Crippen LogP contribution in [0.25, 0.3) is 10.9 Å². The zero-order valence-electron chi connectivity index (χ0n) is 27.8. The van der Waals surface area contributed by atoms with Crippen molar-refractivity contribution < 1.29 is 24.0 Å². The van der Waals surface area contributed by atoms with E-state index in [9.17, 15) is 20.0 Å². The summed E-state index contributed by atoms with van der Waals surface area (Å²) < 4.78 is 10.9. The number of nitrogens with zero attached hydrogens (tertiary/aromatic N) is 3. The fourth-order valence-electron chi connectivity index (χ4n) is 6.27. The molecule has 0 spiro atoms. The van der Waals surface area contributed by atoms with E-state index in [1.165, 1.54) is 0 Å². The minimum atomic E-state index is -1.34. The molecule has 0 radical (unpaired) electrons. The number of fused-ring (bicyclic) bond motifs is 3. The Hall–Kier alpha value is -4.15. The number of aromatic amines is 1. The van der Waals surface area contributed by atoms with Gasteiger partial charge in [0.15, 0.2) is 0 Å². The Balaban J connectivity index is 1.48. The highest BCUT2D eigenvalue weighted by molar-refractivity contribution is 6.38. The van der Waals surface area contributed by atoms with Crippen LogP contribution in [0.3, 0.4) is 0 Å². The van der Waals surface area contributed by atoms with Crippen LogP contribution < -0.4 is 16.0 Å². The van der Waals surface area contributed by atoms with Gasteiger partial charge in [0.05, 0.1) is 22.1 Å². The number of rotatable bonds is 13. The number of nitrogens with one attached hydrogen (secondary N) is 4. The Morgan fingerprint density at radius 3 is 2.57 bits per heavy atom. The van der Waals surface area contributed by atoms with Crippen molar-refractivity contribution in [1.29, 1.82) is 5.26 Å². The van der Waals surface area contributed by atoms with Crippen LogP contribution in [0, 0.1) is 23.2 Å². The number of amides is 2. The van der Waals surface area contributed by atoms with Gasteiger partial charge in [-0.15, -0.1) is 0 Å². The summed E-state index contributed by atoms with van der Waals surface area (Å²) in [5, 5.41) is 36.1. The Kier molecular flexibility index (Phi) is 11.5. The van der Waals surface area contributed by atoms with Gasteiger partial charge >= 0.3 is 6.09 Å². The number of benzene rings is 2. The molecule has 0 saturated heterocycles. The molecular weight excluding hydrogens is 669 g/mol. The van der Waals surface area contributed by atoms with E-state index >= 15 is 0 Å². The third kappa shape index (κ3) is 8.02. The van der Waals surface area contributed by atoms with E-state index in [4.69, 9.17) is 32.5 Å². The highest BCUT2D eigenvalue weighted by Crippen LogP contribution is 2.40. The molecule has 2 amide bonds. The summed E-state index contributed by atoms with van der Waals surface area (Å²) in [6, 6.07) is 13.0. The molecular formula is C35H41Cl2N7O5. The molecule has 12 nitrogen and oxygen atoms in total. The zero-order valence-corrected chi connectivity index (χ0v) is 29.4. The SMILES string of the molecule is CCC(C)[C@H](NC(=O)OCc1ccccc1)C(=O)N[C@@]1(C(O)N[C@H](c2nc(C#N)no2)C(C)CC)CCc2[nH]c3c(Cl)cc(Cl)cc3c2C1. The van der Waals surface area contributed by atoms with Crippen LogP contribution in [-0.4, -0.2) is 50.0 Å². The average Bonchev–Trinajstić information content (AvgIpc) is 3.73. The number of nitriles is 1. The summed E-state index contributed by atoms with van der Waals surface area (Å²) in [4.78, 5) is 34.9. The fourth-order valence-corrected chi connectivity index (χ4v) is 6.81. The maximum Gasteiger partial charge on any atom is 0.408 e. The molecule has 0 fully saturated rings. The molecule has 2 aromatic heterocycles. The molecule has 0 aliphatic heterocycles. The molecule has 260 valence electrons. The minimum Gasteiger partial charge on any atom is -0.445 e. The van der Waals surface area contributed by atoms with E-state index in [0.717, 1.165) is 22.2 Å². The van der Waals surface area contributed by atoms with Gasteiger partial charge in [-0.2, -0.15) is 10.2 Å². The van der Waals surface area contributed by atoms with Crippen molar-refractivity contribution in [2.75, 3.05) is 0 Å². The van der Waals surface area contributed by atoms with Crippen molar-refractivity contribution in [3.63, 3.8) is 0 Å². The topological polar surface area (TPSA) is 178 Å². The monoisotopic (exact) mass is 709 g/mol. The molecule has 5 N–H and O–H groups in total. The second-order valence-corrected chi connectivity index (χ2v) is 13.6. The molecule has 5 rings (SSSR count). The highest BCUT2D eigenvalue weighted by atomic mass is 35.5. The van der Waals surface area contributed by atoms with Crippen molar-refractivity contribution in [3.8, 4) is 6.07 Å². The molecule has 2 heterocycles. The molecule has 3 unspecified atom stereocenters. The molecule has 2 aromatic carbocycles. The van der Waals surface area contributed by atoms with E-state index in [1.807, 2.05) is 70.2 Å². The molecule has 0 bridgehead atoms. The van der Waals surface area contributed by atoms with Gasteiger partial charge in [0.2, 0.25) is 11.8 Å². The van der Waals surface area contributed by atoms with Gasteiger partial charge in [-0.3, -0.25) is 10.1 Å². The number of halogens is 2. The summed E-state index contributed by atoms with van der Waals surface area (Å²) in [6.07, 6.45) is 0.180. The van der Waals surface area contributed by atoms with Crippen LogP contribution in [-0.2, 0) is 29.0 Å². The number of H-pyrrole nitrogens is 1. The lowest BCUT2D eigenvalue weighted by Gasteiger charge is -2.44. The first-order valence-corrected chi connectivity index (χ1v) is 17.2. The molecule has 6 atom stereocenters. The lowest BCUT2D eigenvalue weighted by Crippen LogP contribution is -2.67. The molecule has 1 aliphatic rings. The van der Waals surface area contributed by atoms with Crippen molar-refractivity contribution in [1.82, 2.24) is 31.1 Å². The first-order chi connectivity index (χ1) is 23.5. The third-order valence-corrected chi connectivity index (χ3v) is 10.1. The van der Waals surface area contributed by atoms with Crippen LogP contribution in [0.5, 0.6) is 0 Å². The van der Waals surface area contributed by atoms with Crippen LogP contribution in [0.1, 0.15) is 81.5 Å². The fraction of sp³-hybridized carbons (Fsp3) is 0.457. The second-order valence-electron chi connectivity index (χ2n) is 12.8. The van der Waals surface area contributed by atoms with Crippen molar-refractivity contribution in [2.24, 2.45) is 11.8 Å². The molecule has 4 aromatic rings. The number of ether oxygens (including phenoxy) is 1. The lowest BCUT2D eigenvalue weighted by molar-refractivity contribution is -0.129. The van der Waals surface area contributed by atoms with Gasteiger partial charge in [-0.1, -0.05) is 94.1 Å². The normalized spacial score (nSPS) is 18.8. The smallest absolute Gasteiger partial charge is 0.408 e. The first kappa shape index (κ1) is 36.1. The predicted molar refractivity (Wildman–Crippen MR) is 185 cm³/mol. The summed E-state index contributed by atoms with van der Waals surface area (Å²) in [6.45, 7) is 7.78. The van der Waals surface area contributed by atoms with Gasteiger partial charge in [0, 0.05) is 22.5 Å². The van der Waals surface area contributed by atoms with Gasteiger partial charge in [-0.25, -0.2) is 4.79 Å². The van der Waals surface area contributed by atoms with E-state index < -0.39 is 35.9 Å². The van der Waals surface area contributed by atoms with Crippen molar-refractivity contribution in [2.45, 2.75) is 90.3 Å². The predicted octanol–water partition coefficient (Wildman–Crippen LogP) is 6.11. The van der Waals surface area contributed by atoms with E-state index in [2.05, 4.69) is 31.1 Å². The van der Waals surface area contributed by atoms with Crippen molar-refractivity contribution in [3.05, 3.63) is 81.0 Å². The number of aromatic nitrogens is 3. The molecule has 49 heavy (non-hydrogen) atoms. The Bertz CT molecular complexity index is 1820. The van der Waals surface area contributed by atoms with Gasteiger partial charge in [0.1, 0.15) is 24.9 Å². The number of aliphatic hydroxyl groups is 1. The highest BCUT2D eigenvalue weighted by Gasteiger charge is 2.46. The maximum absolute atomic E-state index is 14.3. The number of carbonyl (C=O) groups excluding carboxylic acids is 2. The Morgan fingerprint density at radius 2 is 1.90 bits per heavy atom. The summed E-state index contributed by atoms with van der Waals surface area (Å²) in [7, 11) is 0. The van der Waals surface area contributed by atoms with Crippen molar-refractivity contribution >= 4 is 46.1 Å². The van der Waals surface area contributed by atoms with E-state index in [-0.39, 0.29) is 36.6 Å². The Morgan fingerprint density at radius 1 is 1.16 bits per heavy atom. The number of aryl methyl sites for hydroxylation is 1. The van der Waals surface area contributed by atoms with Crippen LogP contribution in [0.2, 0.25) is 10.0 Å². The van der Waals surface area contributed by atoms with Crippen LogP contribution in [0.15, 0.2) is 47.0 Å². The number of alkyl carbamates (subject to hydrolysis) is 1. The van der Waals surface area contributed by atoms with E-state index in [1.54, 1.807) is 6.07 Å². The van der Waals surface area contributed by atoms with Gasteiger partial charge in [-0.05, 0) is 53.1 Å². The first-order valence-electron chi connectivity index (χ1n) is 16.4. The maximum atomic E-state index is 14.3. The number of aliphatic hydroxyl groups excluding tert-OH is 1.